The van der Waals surface area contributed by atoms with E-state index in [4.69, 9.17) is 10.5 Å². The van der Waals surface area contributed by atoms with E-state index in [1.165, 1.54) is 12.1 Å². The van der Waals surface area contributed by atoms with Crippen LogP contribution in [-0.4, -0.2) is 0 Å². The number of aryl methyl sites for hydroxylation is 2. The van der Waals surface area contributed by atoms with Crippen molar-refractivity contribution in [3.05, 3.63) is 58.9 Å². The highest BCUT2D eigenvalue weighted by molar-refractivity contribution is 5.41. The molecular formula is C15H16FNO. The second kappa shape index (κ2) is 5.08. The fraction of sp³-hybridized carbons (Fsp3) is 0.200. The Morgan fingerprint density at radius 2 is 1.67 bits per heavy atom. The van der Waals surface area contributed by atoms with Crippen LogP contribution in [0, 0.1) is 19.7 Å². The molecule has 0 aliphatic heterocycles. The molecule has 0 amide bonds. The zero-order valence-corrected chi connectivity index (χ0v) is 10.5. The molecular weight excluding hydrogens is 229 g/mol. The highest BCUT2D eigenvalue weighted by Crippen LogP contribution is 2.18. The van der Waals surface area contributed by atoms with E-state index in [1.54, 1.807) is 6.07 Å². The van der Waals surface area contributed by atoms with Gasteiger partial charge in [-0.1, -0.05) is 6.07 Å². The molecule has 0 atom stereocenters. The summed E-state index contributed by atoms with van der Waals surface area (Å²) in [6, 6.07) is 10.4. The lowest BCUT2D eigenvalue weighted by Gasteiger charge is -2.09. The van der Waals surface area contributed by atoms with Crippen molar-refractivity contribution in [1.82, 2.24) is 0 Å². The Balaban J connectivity index is 2.11. The number of rotatable bonds is 3. The van der Waals surface area contributed by atoms with Crippen LogP contribution in [0.25, 0.3) is 0 Å². The van der Waals surface area contributed by atoms with Crippen molar-refractivity contribution in [2.75, 3.05) is 5.73 Å². The molecule has 0 aromatic heterocycles. The molecule has 0 heterocycles. The summed E-state index contributed by atoms with van der Waals surface area (Å²) in [5.74, 6) is 0.448. The maximum atomic E-state index is 13.1. The Hall–Kier alpha value is -2.03. The van der Waals surface area contributed by atoms with Gasteiger partial charge >= 0.3 is 0 Å². The van der Waals surface area contributed by atoms with Gasteiger partial charge in [-0.25, -0.2) is 4.39 Å². The summed E-state index contributed by atoms with van der Waals surface area (Å²) in [5.41, 5.74) is 9.01. The van der Waals surface area contributed by atoms with Crippen LogP contribution >= 0.6 is 0 Å². The van der Waals surface area contributed by atoms with Gasteiger partial charge in [0.25, 0.3) is 0 Å². The van der Waals surface area contributed by atoms with Gasteiger partial charge in [-0.2, -0.15) is 0 Å². The van der Waals surface area contributed by atoms with Gasteiger partial charge in [0.15, 0.2) is 0 Å². The van der Waals surface area contributed by atoms with E-state index in [0.29, 0.717) is 12.3 Å². The molecule has 2 rings (SSSR count). The lowest BCUT2D eigenvalue weighted by molar-refractivity contribution is 0.305. The average Bonchev–Trinajstić information content (AvgIpc) is 2.23. The van der Waals surface area contributed by atoms with Crippen molar-refractivity contribution in [2.24, 2.45) is 0 Å². The molecule has 2 aromatic rings. The van der Waals surface area contributed by atoms with Gasteiger partial charge in [0, 0.05) is 5.69 Å². The Kier molecular flexibility index (Phi) is 3.51. The topological polar surface area (TPSA) is 35.2 Å². The predicted molar refractivity (Wildman–Crippen MR) is 71.1 cm³/mol. The standard InChI is InChI=1S/C15H16FNO/c1-10-3-11(2)5-15(4-10)18-9-12-6-13(16)8-14(17)7-12/h3-8H,9,17H2,1-2H3. The molecule has 0 saturated heterocycles. The van der Waals surface area contributed by atoms with Gasteiger partial charge in [0.05, 0.1) is 0 Å². The van der Waals surface area contributed by atoms with Crippen molar-refractivity contribution >= 4 is 5.69 Å². The molecule has 0 fully saturated rings. The Morgan fingerprint density at radius 3 is 2.28 bits per heavy atom. The first-order chi connectivity index (χ1) is 8.52. The molecule has 3 heteroatoms. The quantitative estimate of drug-likeness (QED) is 0.838. The van der Waals surface area contributed by atoms with Crippen LogP contribution in [0.1, 0.15) is 16.7 Å². The van der Waals surface area contributed by atoms with Crippen LogP contribution in [0.2, 0.25) is 0 Å². The minimum atomic E-state index is -0.339. The highest BCUT2D eigenvalue weighted by atomic mass is 19.1. The Morgan fingerprint density at radius 1 is 1.00 bits per heavy atom. The zero-order chi connectivity index (χ0) is 13.1. The summed E-state index contributed by atoms with van der Waals surface area (Å²) in [7, 11) is 0. The van der Waals surface area contributed by atoms with Gasteiger partial charge < -0.3 is 10.5 Å². The third-order valence-corrected chi connectivity index (χ3v) is 2.58. The SMILES string of the molecule is Cc1cc(C)cc(OCc2cc(N)cc(F)c2)c1. The van der Waals surface area contributed by atoms with Crippen LogP contribution in [0.5, 0.6) is 5.75 Å². The normalized spacial score (nSPS) is 10.4. The largest absolute Gasteiger partial charge is 0.489 e. The van der Waals surface area contributed by atoms with E-state index in [-0.39, 0.29) is 5.82 Å². The molecule has 0 spiro atoms. The van der Waals surface area contributed by atoms with Crippen LogP contribution < -0.4 is 10.5 Å². The molecule has 94 valence electrons. The smallest absolute Gasteiger partial charge is 0.125 e. The molecule has 0 radical (unpaired) electrons. The third kappa shape index (κ3) is 3.23. The van der Waals surface area contributed by atoms with Crippen molar-refractivity contribution < 1.29 is 9.13 Å². The van der Waals surface area contributed by atoms with Crippen LogP contribution in [-0.2, 0) is 6.61 Å². The van der Waals surface area contributed by atoms with Crippen molar-refractivity contribution in [1.29, 1.82) is 0 Å². The molecule has 2 N–H and O–H groups in total. The van der Waals surface area contributed by atoms with E-state index in [1.807, 2.05) is 26.0 Å². The number of nitrogen functional groups attached to an aromatic ring is 1. The molecule has 0 saturated carbocycles. The Labute approximate surface area is 106 Å². The predicted octanol–water partition coefficient (Wildman–Crippen LogP) is 3.60. The van der Waals surface area contributed by atoms with E-state index in [0.717, 1.165) is 22.4 Å². The first-order valence-electron chi connectivity index (χ1n) is 5.79. The summed E-state index contributed by atoms with van der Waals surface area (Å²) >= 11 is 0. The molecule has 0 unspecified atom stereocenters. The summed E-state index contributed by atoms with van der Waals surface area (Å²) in [4.78, 5) is 0. The first kappa shape index (κ1) is 12.4. The van der Waals surface area contributed by atoms with Gasteiger partial charge in [-0.15, -0.1) is 0 Å². The number of halogens is 1. The van der Waals surface area contributed by atoms with Crippen molar-refractivity contribution in [3.8, 4) is 5.75 Å². The number of nitrogens with two attached hydrogens (primary N) is 1. The van der Waals surface area contributed by atoms with E-state index < -0.39 is 0 Å². The van der Waals surface area contributed by atoms with Gasteiger partial charge in [-0.05, 0) is 60.9 Å². The number of hydrogen-bond acceptors (Lipinski definition) is 2. The highest BCUT2D eigenvalue weighted by Gasteiger charge is 2.01. The lowest BCUT2D eigenvalue weighted by Crippen LogP contribution is -1.98. The zero-order valence-electron chi connectivity index (χ0n) is 10.5. The lowest BCUT2D eigenvalue weighted by atomic mass is 10.1. The Bertz CT molecular complexity index is 474. The molecule has 0 bridgehead atoms. The summed E-state index contributed by atoms with van der Waals surface area (Å²) < 4.78 is 18.8. The number of ether oxygens (including phenoxy) is 1. The van der Waals surface area contributed by atoms with Gasteiger partial charge in [-0.3, -0.25) is 0 Å². The molecule has 0 aliphatic rings. The van der Waals surface area contributed by atoms with Crippen LogP contribution in [0.4, 0.5) is 10.1 Å². The minimum absolute atomic E-state index is 0.310. The summed E-state index contributed by atoms with van der Waals surface area (Å²) in [6.45, 7) is 4.34. The second-order valence-corrected chi connectivity index (χ2v) is 4.50. The number of benzene rings is 2. The van der Waals surface area contributed by atoms with E-state index >= 15 is 0 Å². The summed E-state index contributed by atoms with van der Waals surface area (Å²) in [6.07, 6.45) is 0. The second-order valence-electron chi connectivity index (χ2n) is 4.50. The van der Waals surface area contributed by atoms with E-state index in [2.05, 4.69) is 6.07 Å². The first-order valence-corrected chi connectivity index (χ1v) is 5.79. The fourth-order valence-corrected chi connectivity index (χ4v) is 1.94. The maximum Gasteiger partial charge on any atom is 0.125 e. The summed E-state index contributed by atoms with van der Waals surface area (Å²) in [5, 5.41) is 0. The average molecular weight is 245 g/mol. The molecule has 18 heavy (non-hydrogen) atoms. The molecule has 2 nitrogen and oxygen atoms in total. The van der Waals surface area contributed by atoms with E-state index in [9.17, 15) is 4.39 Å². The van der Waals surface area contributed by atoms with Crippen molar-refractivity contribution in [3.63, 3.8) is 0 Å². The fourth-order valence-electron chi connectivity index (χ4n) is 1.94. The number of hydrogen-bond donors (Lipinski definition) is 1. The third-order valence-electron chi connectivity index (χ3n) is 2.58. The van der Waals surface area contributed by atoms with Crippen LogP contribution in [0.3, 0.4) is 0 Å². The molecule has 0 aliphatic carbocycles. The van der Waals surface area contributed by atoms with Gasteiger partial charge in [0.1, 0.15) is 18.2 Å². The maximum absolute atomic E-state index is 13.1. The van der Waals surface area contributed by atoms with Gasteiger partial charge in [0.2, 0.25) is 0 Å². The minimum Gasteiger partial charge on any atom is -0.489 e. The van der Waals surface area contributed by atoms with Crippen LogP contribution in [0.15, 0.2) is 36.4 Å². The van der Waals surface area contributed by atoms with Crippen molar-refractivity contribution in [2.45, 2.75) is 20.5 Å². The molecule has 2 aromatic carbocycles. The number of anilines is 1. The monoisotopic (exact) mass is 245 g/mol.